The number of aromatic hydroxyl groups is 1. The van der Waals surface area contributed by atoms with Crippen LogP contribution in [0.4, 0.5) is 35.1 Å². The van der Waals surface area contributed by atoms with E-state index in [2.05, 4.69) is 0 Å². The lowest BCUT2D eigenvalue weighted by atomic mass is 9.97. The van der Waals surface area contributed by atoms with Crippen molar-refractivity contribution in [3.8, 4) is 16.9 Å². The molecular weight excluding hydrogens is 378 g/mol. The van der Waals surface area contributed by atoms with Gasteiger partial charge in [0, 0.05) is 17.2 Å². The highest BCUT2D eigenvalue weighted by atomic mass is 19.4. The molecule has 0 saturated heterocycles. The molecule has 0 aliphatic rings. The molecule has 0 aliphatic carbocycles. The van der Waals surface area contributed by atoms with Crippen molar-refractivity contribution in [1.82, 2.24) is 0 Å². The van der Waals surface area contributed by atoms with Gasteiger partial charge in [0.05, 0.1) is 12.0 Å². The molecule has 0 saturated carbocycles. The average molecular weight is 385 g/mol. The monoisotopic (exact) mass is 385 g/mol. The SMILES string of the molecule is NC(=O)Cc1cc(-c2c(F)c(F)c(C(F)(F)F)c(F)c2F)c(F)cc1O. The zero-order valence-electron chi connectivity index (χ0n) is 12.3. The van der Waals surface area contributed by atoms with E-state index in [1.54, 1.807) is 0 Å². The van der Waals surface area contributed by atoms with Crippen molar-refractivity contribution in [1.29, 1.82) is 0 Å². The van der Waals surface area contributed by atoms with E-state index in [0.29, 0.717) is 6.07 Å². The van der Waals surface area contributed by atoms with Crippen LogP contribution in [-0.2, 0) is 17.4 Å². The predicted octanol–water partition coefficient (Wildman–Crippen LogP) is 3.80. The number of carbonyl (C=O) groups excluding carboxylic acids is 1. The molecule has 3 N–H and O–H groups in total. The first-order chi connectivity index (χ1) is 11.9. The normalized spacial score (nSPS) is 11.7. The van der Waals surface area contributed by atoms with E-state index in [1.807, 2.05) is 0 Å². The van der Waals surface area contributed by atoms with E-state index >= 15 is 0 Å². The summed E-state index contributed by atoms with van der Waals surface area (Å²) in [6.45, 7) is 0. The van der Waals surface area contributed by atoms with Crippen molar-refractivity contribution in [2.75, 3.05) is 0 Å². The smallest absolute Gasteiger partial charge is 0.422 e. The van der Waals surface area contributed by atoms with Gasteiger partial charge in [0.1, 0.15) is 17.1 Å². The summed E-state index contributed by atoms with van der Waals surface area (Å²) in [5.41, 5.74) is -1.39. The van der Waals surface area contributed by atoms with Crippen LogP contribution in [0.15, 0.2) is 12.1 Å². The van der Waals surface area contributed by atoms with E-state index in [4.69, 9.17) is 5.73 Å². The van der Waals surface area contributed by atoms with Gasteiger partial charge in [-0.3, -0.25) is 4.79 Å². The summed E-state index contributed by atoms with van der Waals surface area (Å²) in [6, 6.07) is 0.711. The molecule has 2 aromatic carbocycles. The fraction of sp³-hybridized carbons (Fsp3) is 0.133. The van der Waals surface area contributed by atoms with Crippen LogP contribution in [0.3, 0.4) is 0 Å². The number of carbonyl (C=O) groups is 1. The highest BCUT2D eigenvalue weighted by molar-refractivity contribution is 5.79. The van der Waals surface area contributed by atoms with Gasteiger partial charge < -0.3 is 10.8 Å². The van der Waals surface area contributed by atoms with Gasteiger partial charge in [-0.25, -0.2) is 22.0 Å². The first kappa shape index (κ1) is 19.5. The number of rotatable bonds is 3. The Morgan fingerprint density at radius 2 is 1.46 bits per heavy atom. The molecular formula is C15H7F8NO2. The lowest BCUT2D eigenvalue weighted by Gasteiger charge is -2.15. The van der Waals surface area contributed by atoms with Crippen LogP contribution >= 0.6 is 0 Å². The van der Waals surface area contributed by atoms with Crippen molar-refractivity contribution in [3.05, 3.63) is 52.3 Å². The molecule has 0 aromatic heterocycles. The third-order valence-electron chi connectivity index (χ3n) is 3.35. The predicted molar refractivity (Wildman–Crippen MR) is 71.2 cm³/mol. The van der Waals surface area contributed by atoms with Crippen molar-refractivity contribution in [2.45, 2.75) is 12.6 Å². The molecule has 0 aliphatic heterocycles. The number of hydrogen-bond donors (Lipinski definition) is 2. The van der Waals surface area contributed by atoms with Gasteiger partial charge in [-0.05, 0) is 6.07 Å². The van der Waals surface area contributed by atoms with Crippen LogP contribution in [-0.4, -0.2) is 11.0 Å². The molecule has 2 aromatic rings. The van der Waals surface area contributed by atoms with Gasteiger partial charge in [-0.2, -0.15) is 13.2 Å². The first-order valence-corrected chi connectivity index (χ1v) is 6.59. The van der Waals surface area contributed by atoms with Gasteiger partial charge in [0.15, 0.2) is 23.3 Å². The van der Waals surface area contributed by atoms with Crippen molar-refractivity contribution in [2.24, 2.45) is 5.73 Å². The molecule has 0 atom stereocenters. The van der Waals surface area contributed by atoms with E-state index < -0.39 is 75.6 Å². The van der Waals surface area contributed by atoms with Crippen LogP contribution in [0.5, 0.6) is 5.75 Å². The van der Waals surface area contributed by atoms with E-state index in [-0.39, 0.29) is 6.07 Å². The lowest BCUT2D eigenvalue weighted by Crippen LogP contribution is -2.16. The van der Waals surface area contributed by atoms with Crippen molar-refractivity contribution in [3.63, 3.8) is 0 Å². The summed E-state index contributed by atoms with van der Waals surface area (Å²) in [4.78, 5) is 10.9. The molecule has 3 nitrogen and oxygen atoms in total. The van der Waals surface area contributed by atoms with Gasteiger partial charge in [0.25, 0.3) is 0 Å². The zero-order chi connectivity index (χ0) is 20.0. The van der Waals surface area contributed by atoms with E-state index in [1.165, 1.54) is 0 Å². The van der Waals surface area contributed by atoms with Crippen molar-refractivity contribution >= 4 is 5.91 Å². The largest absolute Gasteiger partial charge is 0.508 e. The second-order valence-electron chi connectivity index (χ2n) is 5.11. The molecule has 0 spiro atoms. The Morgan fingerprint density at radius 3 is 1.88 bits per heavy atom. The van der Waals surface area contributed by atoms with Gasteiger partial charge in [-0.1, -0.05) is 0 Å². The molecule has 0 radical (unpaired) electrons. The topological polar surface area (TPSA) is 63.3 Å². The van der Waals surface area contributed by atoms with Crippen molar-refractivity contribution < 1.29 is 45.0 Å². The Balaban J connectivity index is 2.84. The quantitative estimate of drug-likeness (QED) is 0.624. The summed E-state index contributed by atoms with van der Waals surface area (Å²) in [7, 11) is 0. The summed E-state index contributed by atoms with van der Waals surface area (Å²) in [6.07, 6.45) is -6.49. The fourth-order valence-corrected chi connectivity index (χ4v) is 2.25. The summed E-state index contributed by atoms with van der Waals surface area (Å²) < 4.78 is 107. The Morgan fingerprint density at radius 1 is 0.962 bits per heavy atom. The third kappa shape index (κ3) is 3.28. The highest BCUT2D eigenvalue weighted by Crippen LogP contribution is 2.41. The van der Waals surface area contributed by atoms with Crippen LogP contribution in [0, 0.1) is 29.1 Å². The van der Waals surface area contributed by atoms with Crippen LogP contribution in [0.25, 0.3) is 11.1 Å². The number of benzene rings is 2. The molecule has 0 unspecified atom stereocenters. The van der Waals surface area contributed by atoms with Gasteiger partial charge in [0.2, 0.25) is 5.91 Å². The van der Waals surface area contributed by atoms with Crippen LogP contribution < -0.4 is 5.73 Å². The minimum atomic E-state index is -5.75. The summed E-state index contributed by atoms with van der Waals surface area (Å²) in [5.74, 6) is -14.0. The van der Waals surface area contributed by atoms with Crippen LogP contribution in [0.2, 0.25) is 0 Å². The number of halogens is 8. The molecule has 140 valence electrons. The Bertz CT molecular complexity index is 879. The first-order valence-electron chi connectivity index (χ1n) is 6.59. The molecule has 0 heterocycles. The average Bonchev–Trinajstić information content (AvgIpc) is 2.48. The minimum Gasteiger partial charge on any atom is -0.508 e. The number of hydrogen-bond acceptors (Lipinski definition) is 2. The summed E-state index contributed by atoms with van der Waals surface area (Å²) >= 11 is 0. The Labute approximate surface area is 139 Å². The van der Waals surface area contributed by atoms with Crippen LogP contribution in [0.1, 0.15) is 11.1 Å². The Hall–Kier alpha value is -2.85. The molecule has 1 amide bonds. The highest BCUT2D eigenvalue weighted by Gasteiger charge is 2.42. The fourth-order valence-electron chi connectivity index (χ4n) is 2.25. The maximum atomic E-state index is 14.0. The number of primary amides is 1. The number of phenolic OH excluding ortho intramolecular Hbond substituents is 1. The Kier molecular flexibility index (Phi) is 4.84. The molecule has 26 heavy (non-hydrogen) atoms. The number of alkyl halides is 3. The second-order valence-corrected chi connectivity index (χ2v) is 5.11. The molecule has 0 fully saturated rings. The maximum absolute atomic E-state index is 14.0. The zero-order valence-corrected chi connectivity index (χ0v) is 12.3. The second kappa shape index (κ2) is 6.46. The maximum Gasteiger partial charge on any atom is 0.422 e. The molecule has 0 bridgehead atoms. The molecule has 2 rings (SSSR count). The van der Waals surface area contributed by atoms with Gasteiger partial charge >= 0.3 is 6.18 Å². The number of nitrogens with two attached hydrogens (primary N) is 1. The third-order valence-corrected chi connectivity index (χ3v) is 3.35. The molecule has 11 heteroatoms. The summed E-state index contributed by atoms with van der Waals surface area (Å²) in [5, 5.41) is 9.48. The minimum absolute atomic E-state index is 0.264. The lowest BCUT2D eigenvalue weighted by molar-refractivity contribution is -0.143. The van der Waals surface area contributed by atoms with E-state index in [9.17, 15) is 45.0 Å². The standard InChI is InChI=1S/C15H7F8NO2/c16-6-3-7(25)4(2-8(24)26)1-5(6)9-11(17)13(19)10(15(21,22)23)14(20)12(9)18/h1,3,25H,2H2,(H2,24,26). The number of phenols is 1. The van der Waals surface area contributed by atoms with E-state index in [0.717, 1.165) is 0 Å². The van der Waals surface area contributed by atoms with Gasteiger partial charge in [-0.15, -0.1) is 0 Å². The number of amides is 1.